The number of nitrogens with one attached hydrogen (secondary N) is 1. The van der Waals surface area contributed by atoms with Gasteiger partial charge in [0.15, 0.2) is 17.5 Å². The van der Waals surface area contributed by atoms with E-state index in [-0.39, 0.29) is 0 Å². The minimum absolute atomic E-state index is 0.316. The van der Waals surface area contributed by atoms with Crippen molar-refractivity contribution in [3.63, 3.8) is 0 Å². The van der Waals surface area contributed by atoms with E-state index in [9.17, 15) is 0 Å². The van der Waals surface area contributed by atoms with E-state index >= 15 is 0 Å². The molecule has 30 heavy (non-hydrogen) atoms. The SMILES string of the molecule is CCNC(=NCc1cc(OC)c(OC)c(OC)c1)N1CCC(OCCCOC)CC1. The van der Waals surface area contributed by atoms with Crippen molar-refractivity contribution in [2.75, 3.05) is 61.3 Å². The van der Waals surface area contributed by atoms with Crippen molar-refractivity contribution in [1.29, 1.82) is 0 Å². The van der Waals surface area contributed by atoms with Crippen LogP contribution in [0.25, 0.3) is 0 Å². The minimum Gasteiger partial charge on any atom is -0.493 e. The molecule has 0 unspecified atom stereocenters. The molecule has 2 rings (SSSR count). The number of ether oxygens (including phenoxy) is 5. The highest BCUT2D eigenvalue weighted by Gasteiger charge is 2.22. The van der Waals surface area contributed by atoms with Crippen molar-refractivity contribution in [3.8, 4) is 17.2 Å². The summed E-state index contributed by atoms with van der Waals surface area (Å²) in [6.07, 6.45) is 3.26. The van der Waals surface area contributed by atoms with E-state index in [1.165, 1.54) is 0 Å². The van der Waals surface area contributed by atoms with Crippen LogP contribution in [0, 0.1) is 0 Å². The Kier molecular flexibility index (Phi) is 10.6. The fourth-order valence-electron chi connectivity index (χ4n) is 3.51. The van der Waals surface area contributed by atoms with Gasteiger partial charge in [-0.15, -0.1) is 0 Å². The Morgan fingerprint density at radius 2 is 1.70 bits per heavy atom. The molecular formula is C22H37N3O5. The lowest BCUT2D eigenvalue weighted by Gasteiger charge is -2.34. The first kappa shape index (κ1) is 24.1. The van der Waals surface area contributed by atoms with Crippen LogP contribution >= 0.6 is 0 Å². The lowest BCUT2D eigenvalue weighted by Crippen LogP contribution is -2.47. The average Bonchev–Trinajstić information content (AvgIpc) is 2.79. The van der Waals surface area contributed by atoms with Gasteiger partial charge in [0.25, 0.3) is 0 Å². The first-order valence-electron chi connectivity index (χ1n) is 10.6. The first-order chi connectivity index (χ1) is 14.7. The van der Waals surface area contributed by atoms with Gasteiger partial charge in [-0.2, -0.15) is 0 Å². The second-order valence-corrected chi connectivity index (χ2v) is 7.11. The predicted octanol–water partition coefficient (Wildman–Crippen LogP) is 2.70. The van der Waals surface area contributed by atoms with Gasteiger partial charge in [0.05, 0.1) is 34.0 Å². The van der Waals surface area contributed by atoms with Crippen LogP contribution in [0.2, 0.25) is 0 Å². The van der Waals surface area contributed by atoms with Gasteiger partial charge in [-0.05, 0) is 43.9 Å². The number of hydrogen-bond acceptors (Lipinski definition) is 6. The molecule has 1 aliphatic heterocycles. The van der Waals surface area contributed by atoms with Gasteiger partial charge in [-0.3, -0.25) is 0 Å². The zero-order valence-electron chi connectivity index (χ0n) is 19.0. The Labute approximate surface area is 180 Å². The van der Waals surface area contributed by atoms with Crippen LogP contribution in [-0.2, 0) is 16.0 Å². The van der Waals surface area contributed by atoms with Gasteiger partial charge in [0.1, 0.15) is 0 Å². The Balaban J connectivity index is 2.00. The van der Waals surface area contributed by atoms with Crippen LogP contribution in [0.4, 0.5) is 0 Å². The summed E-state index contributed by atoms with van der Waals surface area (Å²) in [6, 6.07) is 3.88. The van der Waals surface area contributed by atoms with E-state index in [0.717, 1.165) is 63.6 Å². The number of guanidine groups is 1. The summed E-state index contributed by atoms with van der Waals surface area (Å²) in [5.41, 5.74) is 0.997. The summed E-state index contributed by atoms with van der Waals surface area (Å²) in [5.74, 6) is 2.79. The monoisotopic (exact) mass is 423 g/mol. The number of piperidine rings is 1. The molecule has 0 saturated carbocycles. The number of aliphatic imine (C=N–C) groups is 1. The minimum atomic E-state index is 0.316. The van der Waals surface area contributed by atoms with Crippen LogP contribution in [-0.4, -0.2) is 78.3 Å². The lowest BCUT2D eigenvalue weighted by atomic mass is 10.1. The molecule has 1 aliphatic rings. The number of nitrogens with zero attached hydrogens (tertiary/aromatic N) is 2. The summed E-state index contributed by atoms with van der Waals surface area (Å²) < 4.78 is 27.3. The molecule has 1 aromatic rings. The van der Waals surface area contributed by atoms with Gasteiger partial charge in [0, 0.05) is 40.0 Å². The first-order valence-corrected chi connectivity index (χ1v) is 10.6. The smallest absolute Gasteiger partial charge is 0.203 e. The fraction of sp³-hybridized carbons (Fsp3) is 0.682. The van der Waals surface area contributed by atoms with Crippen LogP contribution in [0.5, 0.6) is 17.2 Å². The number of hydrogen-bond donors (Lipinski definition) is 1. The Hall–Kier alpha value is -2.19. The Bertz CT molecular complexity index is 635. The summed E-state index contributed by atoms with van der Waals surface area (Å²) in [6.45, 7) is 6.78. The van der Waals surface area contributed by atoms with Gasteiger partial charge < -0.3 is 33.9 Å². The largest absolute Gasteiger partial charge is 0.493 e. The van der Waals surface area contributed by atoms with Crippen LogP contribution < -0.4 is 19.5 Å². The van der Waals surface area contributed by atoms with Crippen LogP contribution in [0.15, 0.2) is 17.1 Å². The molecular weight excluding hydrogens is 386 g/mol. The number of methoxy groups -OCH3 is 4. The molecule has 8 heteroatoms. The highest BCUT2D eigenvalue weighted by molar-refractivity contribution is 5.80. The standard InChI is InChI=1S/C22H37N3O5/c1-6-23-22(25-10-8-18(9-11-25)30-13-7-12-26-2)24-16-17-14-19(27-3)21(29-5)20(15-17)28-4/h14-15,18H,6-13,16H2,1-5H3,(H,23,24). The highest BCUT2D eigenvalue weighted by Crippen LogP contribution is 2.38. The third-order valence-corrected chi connectivity index (χ3v) is 5.06. The molecule has 0 aromatic heterocycles. The molecule has 0 aliphatic carbocycles. The molecule has 0 radical (unpaired) electrons. The predicted molar refractivity (Wildman–Crippen MR) is 118 cm³/mol. The average molecular weight is 424 g/mol. The molecule has 0 atom stereocenters. The number of rotatable bonds is 11. The van der Waals surface area contributed by atoms with E-state index in [4.69, 9.17) is 28.7 Å². The summed E-state index contributed by atoms with van der Waals surface area (Å²) in [5, 5.41) is 3.41. The molecule has 1 fully saturated rings. The van der Waals surface area contributed by atoms with Crippen molar-refractivity contribution in [3.05, 3.63) is 17.7 Å². The van der Waals surface area contributed by atoms with Crippen molar-refractivity contribution in [2.45, 2.75) is 38.8 Å². The van der Waals surface area contributed by atoms with E-state index < -0.39 is 0 Å². The van der Waals surface area contributed by atoms with Crippen molar-refractivity contribution >= 4 is 5.96 Å². The Morgan fingerprint density at radius 3 is 2.23 bits per heavy atom. The normalized spacial score (nSPS) is 15.2. The molecule has 0 bridgehead atoms. The summed E-state index contributed by atoms with van der Waals surface area (Å²) >= 11 is 0. The van der Waals surface area contributed by atoms with Gasteiger partial charge in [-0.1, -0.05) is 0 Å². The zero-order valence-corrected chi connectivity index (χ0v) is 19.0. The molecule has 170 valence electrons. The zero-order chi connectivity index (χ0) is 21.8. The number of likely N-dealkylation sites (tertiary alicyclic amines) is 1. The topological polar surface area (TPSA) is 73.8 Å². The molecule has 8 nitrogen and oxygen atoms in total. The van der Waals surface area contributed by atoms with Crippen LogP contribution in [0.1, 0.15) is 31.7 Å². The quantitative estimate of drug-likeness (QED) is 0.333. The van der Waals surface area contributed by atoms with Gasteiger partial charge in [-0.25, -0.2) is 4.99 Å². The van der Waals surface area contributed by atoms with E-state index in [2.05, 4.69) is 17.1 Å². The molecule has 0 amide bonds. The van der Waals surface area contributed by atoms with Crippen molar-refractivity contribution in [1.82, 2.24) is 10.2 Å². The van der Waals surface area contributed by atoms with E-state index in [0.29, 0.717) is 29.9 Å². The van der Waals surface area contributed by atoms with Crippen molar-refractivity contribution < 1.29 is 23.7 Å². The summed E-state index contributed by atoms with van der Waals surface area (Å²) in [7, 11) is 6.57. The molecule has 1 heterocycles. The lowest BCUT2D eigenvalue weighted by molar-refractivity contribution is 0.00990. The fourth-order valence-corrected chi connectivity index (χ4v) is 3.51. The third kappa shape index (κ3) is 6.95. The van der Waals surface area contributed by atoms with Crippen LogP contribution in [0.3, 0.4) is 0 Å². The Morgan fingerprint density at radius 1 is 1.03 bits per heavy atom. The maximum absolute atomic E-state index is 5.97. The third-order valence-electron chi connectivity index (χ3n) is 5.06. The van der Waals surface area contributed by atoms with Crippen molar-refractivity contribution in [2.24, 2.45) is 4.99 Å². The van der Waals surface area contributed by atoms with Gasteiger partial charge in [0.2, 0.25) is 5.75 Å². The summed E-state index contributed by atoms with van der Waals surface area (Å²) in [4.78, 5) is 7.15. The van der Waals surface area contributed by atoms with Gasteiger partial charge >= 0.3 is 0 Å². The second kappa shape index (κ2) is 13.2. The number of benzene rings is 1. The highest BCUT2D eigenvalue weighted by atomic mass is 16.5. The molecule has 0 spiro atoms. The maximum atomic E-state index is 5.97. The maximum Gasteiger partial charge on any atom is 0.203 e. The molecule has 1 saturated heterocycles. The molecule has 1 N–H and O–H groups in total. The van der Waals surface area contributed by atoms with E-state index in [1.807, 2.05) is 12.1 Å². The molecule has 1 aromatic carbocycles. The second-order valence-electron chi connectivity index (χ2n) is 7.11. The van der Waals surface area contributed by atoms with E-state index in [1.54, 1.807) is 28.4 Å².